The summed E-state index contributed by atoms with van der Waals surface area (Å²) >= 11 is 9.89. The highest BCUT2D eigenvalue weighted by molar-refractivity contribution is 9.10. The molecule has 2 aromatic carbocycles. The van der Waals surface area contributed by atoms with E-state index in [4.69, 9.17) is 16.3 Å². The summed E-state index contributed by atoms with van der Waals surface area (Å²) in [7, 11) is 3.64. The quantitative estimate of drug-likeness (QED) is 0.816. The molecule has 0 amide bonds. The summed E-state index contributed by atoms with van der Waals surface area (Å²) in [6.07, 6.45) is 0. The lowest BCUT2D eigenvalue weighted by Gasteiger charge is -2.23. The van der Waals surface area contributed by atoms with Crippen molar-refractivity contribution in [2.45, 2.75) is 19.9 Å². The summed E-state index contributed by atoms with van der Waals surface area (Å²) in [5.41, 5.74) is 4.48. The largest absolute Gasteiger partial charge is 0.496 e. The van der Waals surface area contributed by atoms with E-state index >= 15 is 0 Å². The fourth-order valence-corrected chi connectivity index (χ4v) is 3.13. The van der Waals surface area contributed by atoms with Crippen LogP contribution in [-0.2, 0) is 0 Å². The lowest BCUT2D eigenvalue weighted by molar-refractivity contribution is 0.402. The molecule has 2 rings (SSSR count). The van der Waals surface area contributed by atoms with Gasteiger partial charge in [-0.25, -0.2) is 0 Å². The molecule has 0 heterocycles. The molecule has 2 nitrogen and oxygen atoms in total. The van der Waals surface area contributed by atoms with Crippen LogP contribution in [0.4, 0.5) is 0 Å². The van der Waals surface area contributed by atoms with Crippen molar-refractivity contribution >= 4 is 27.5 Å². The molecule has 1 atom stereocenters. The second-order valence-electron chi connectivity index (χ2n) is 5.02. The highest BCUT2D eigenvalue weighted by Crippen LogP contribution is 2.37. The molecule has 112 valence electrons. The number of benzene rings is 2. The average Bonchev–Trinajstić information content (AvgIpc) is 2.47. The van der Waals surface area contributed by atoms with E-state index in [1.807, 2.05) is 25.2 Å². The molecule has 0 spiro atoms. The van der Waals surface area contributed by atoms with Gasteiger partial charge in [0, 0.05) is 15.1 Å². The van der Waals surface area contributed by atoms with E-state index in [0.29, 0.717) is 0 Å². The number of rotatable bonds is 4. The summed E-state index contributed by atoms with van der Waals surface area (Å²) in [6, 6.07) is 10.1. The molecule has 4 heteroatoms. The molecular formula is C17H19BrClNO. The van der Waals surface area contributed by atoms with Crippen LogP contribution in [0.1, 0.15) is 28.3 Å². The Hall–Kier alpha value is -1.03. The van der Waals surface area contributed by atoms with E-state index in [-0.39, 0.29) is 6.04 Å². The first-order valence-electron chi connectivity index (χ1n) is 6.76. The number of hydrogen-bond donors (Lipinski definition) is 1. The van der Waals surface area contributed by atoms with Crippen LogP contribution in [0.2, 0.25) is 5.02 Å². The number of hydrogen-bond acceptors (Lipinski definition) is 2. The molecule has 0 saturated carbocycles. The molecule has 0 radical (unpaired) electrons. The molecule has 2 aromatic rings. The number of ether oxygens (including phenoxy) is 1. The molecule has 0 aliphatic carbocycles. The predicted molar refractivity (Wildman–Crippen MR) is 92.5 cm³/mol. The molecule has 0 aromatic heterocycles. The van der Waals surface area contributed by atoms with Gasteiger partial charge >= 0.3 is 0 Å². The third-order valence-electron chi connectivity index (χ3n) is 3.78. The predicted octanol–water partition coefficient (Wildman–Crippen LogP) is 5.04. The Morgan fingerprint density at radius 3 is 2.48 bits per heavy atom. The van der Waals surface area contributed by atoms with Gasteiger partial charge < -0.3 is 10.1 Å². The van der Waals surface area contributed by atoms with Crippen molar-refractivity contribution < 1.29 is 4.74 Å². The van der Waals surface area contributed by atoms with Crippen molar-refractivity contribution in [2.75, 3.05) is 14.2 Å². The molecule has 0 aliphatic rings. The molecule has 0 bridgehead atoms. The maximum Gasteiger partial charge on any atom is 0.127 e. The first kappa shape index (κ1) is 16.3. The second kappa shape index (κ2) is 6.82. The monoisotopic (exact) mass is 367 g/mol. The first-order chi connectivity index (χ1) is 9.99. The molecule has 0 fully saturated rings. The first-order valence-corrected chi connectivity index (χ1v) is 7.93. The summed E-state index contributed by atoms with van der Waals surface area (Å²) < 4.78 is 6.64. The van der Waals surface area contributed by atoms with E-state index in [1.54, 1.807) is 7.11 Å². The van der Waals surface area contributed by atoms with E-state index in [0.717, 1.165) is 31.9 Å². The lowest BCUT2D eigenvalue weighted by atomic mass is 9.94. The van der Waals surface area contributed by atoms with Crippen molar-refractivity contribution in [3.63, 3.8) is 0 Å². The van der Waals surface area contributed by atoms with Gasteiger partial charge in [-0.05, 0) is 55.8 Å². The number of halogens is 2. The van der Waals surface area contributed by atoms with Gasteiger partial charge in [0.05, 0.1) is 13.2 Å². The van der Waals surface area contributed by atoms with Crippen molar-refractivity contribution in [1.29, 1.82) is 0 Å². The van der Waals surface area contributed by atoms with Crippen molar-refractivity contribution in [3.8, 4) is 5.75 Å². The zero-order chi connectivity index (χ0) is 15.6. The number of aryl methyl sites for hydroxylation is 1. The SMILES string of the molecule is CNC(c1cc(Br)ccc1Cl)c1ccc(C)c(C)c1OC. The Morgan fingerprint density at radius 2 is 1.86 bits per heavy atom. The third-order valence-corrected chi connectivity index (χ3v) is 4.62. The number of nitrogens with one attached hydrogen (secondary N) is 1. The zero-order valence-corrected chi connectivity index (χ0v) is 15.0. The van der Waals surface area contributed by atoms with Crippen molar-refractivity contribution in [3.05, 3.63) is 62.1 Å². The van der Waals surface area contributed by atoms with Crippen LogP contribution in [0, 0.1) is 13.8 Å². The average molecular weight is 369 g/mol. The van der Waals surface area contributed by atoms with Crippen LogP contribution in [0.5, 0.6) is 5.75 Å². The Morgan fingerprint density at radius 1 is 1.14 bits per heavy atom. The minimum atomic E-state index is -0.0238. The van der Waals surface area contributed by atoms with Crippen LogP contribution in [-0.4, -0.2) is 14.2 Å². The summed E-state index contributed by atoms with van der Waals surface area (Å²) in [5.74, 6) is 0.908. The minimum Gasteiger partial charge on any atom is -0.496 e. The Kier molecular flexibility index (Phi) is 5.31. The van der Waals surface area contributed by atoms with Gasteiger partial charge in [-0.3, -0.25) is 0 Å². The van der Waals surface area contributed by atoms with Crippen LogP contribution in [0.3, 0.4) is 0 Å². The third kappa shape index (κ3) is 3.25. The normalized spacial score (nSPS) is 12.3. The molecule has 0 saturated heterocycles. The van der Waals surface area contributed by atoms with Gasteiger partial charge in [-0.15, -0.1) is 0 Å². The molecule has 1 N–H and O–H groups in total. The Balaban J connectivity index is 2.62. The van der Waals surface area contributed by atoms with E-state index in [9.17, 15) is 0 Å². The van der Waals surface area contributed by atoms with Gasteiger partial charge in [0.15, 0.2) is 0 Å². The smallest absolute Gasteiger partial charge is 0.127 e. The molecular weight excluding hydrogens is 350 g/mol. The summed E-state index contributed by atoms with van der Waals surface area (Å²) in [5, 5.41) is 4.07. The maximum absolute atomic E-state index is 6.38. The van der Waals surface area contributed by atoms with Gasteiger partial charge in [0.25, 0.3) is 0 Å². The minimum absolute atomic E-state index is 0.0238. The van der Waals surface area contributed by atoms with Gasteiger partial charge in [-0.2, -0.15) is 0 Å². The van der Waals surface area contributed by atoms with Crippen molar-refractivity contribution in [1.82, 2.24) is 5.32 Å². The fraction of sp³-hybridized carbons (Fsp3) is 0.294. The van der Waals surface area contributed by atoms with Crippen LogP contribution >= 0.6 is 27.5 Å². The molecule has 21 heavy (non-hydrogen) atoms. The Bertz CT molecular complexity index is 657. The maximum atomic E-state index is 6.38. The van der Waals surface area contributed by atoms with E-state index in [1.165, 1.54) is 5.56 Å². The summed E-state index contributed by atoms with van der Waals surface area (Å²) in [6.45, 7) is 4.16. The van der Waals surface area contributed by atoms with Crippen LogP contribution in [0.25, 0.3) is 0 Å². The van der Waals surface area contributed by atoms with E-state index < -0.39 is 0 Å². The standard InChI is InChI=1S/C17H19BrClNO/c1-10-5-7-13(17(21-4)11(10)2)16(20-3)14-9-12(18)6-8-15(14)19/h5-9,16,20H,1-4H3. The zero-order valence-electron chi connectivity index (χ0n) is 12.6. The molecule has 0 aliphatic heterocycles. The summed E-state index contributed by atoms with van der Waals surface area (Å²) in [4.78, 5) is 0. The fourth-order valence-electron chi connectivity index (χ4n) is 2.52. The van der Waals surface area contributed by atoms with Crippen LogP contribution < -0.4 is 10.1 Å². The highest BCUT2D eigenvalue weighted by atomic mass is 79.9. The Labute approximate surface area is 139 Å². The molecule has 1 unspecified atom stereocenters. The topological polar surface area (TPSA) is 21.3 Å². The van der Waals surface area contributed by atoms with Gasteiger partial charge in [0.2, 0.25) is 0 Å². The number of methoxy groups -OCH3 is 1. The van der Waals surface area contributed by atoms with Gasteiger partial charge in [-0.1, -0.05) is 39.7 Å². The van der Waals surface area contributed by atoms with Crippen molar-refractivity contribution in [2.24, 2.45) is 0 Å². The van der Waals surface area contributed by atoms with E-state index in [2.05, 4.69) is 47.2 Å². The van der Waals surface area contributed by atoms with Gasteiger partial charge in [0.1, 0.15) is 5.75 Å². The highest BCUT2D eigenvalue weighted by Gasteiger charge is 2.21. The second-order valence-corrected chi connectivity index (χ2v) is 6.34. The lowest BCUT2D eigenvalue weighted by Crippen LogP contribution is -2.19. The van der Waals surface area contributed by atoms with Crippen LogP contribution in [0.15, 0.2) is 34.8 Å².